The summed E-state index contributed by atoms with van der Waals surface area (Å²) in [5.41, 5.74) is 0. The lowest BCUT2D eigenvalue weighted by molar-refractivity contribution is -0.154. The van der Waals surface area contributed by atoms with Crippen molar-refractivity contribution in [1.29, 1.82) is 0 Å². The predicted octanol–water partition coefficient (Wildman–Crippen LogP) is 11.9. The summed E-state index contributed by atoms with van der Waals surface area (Å²) in [6.45, 7) is 5.08. The van der Waals surface area contributed by atoms with Crippen molar-refractivity contribution in [3.05, 3.63) is 72.9 Å². The van der Waals surface area contributed by atoms with E-state index in [1.807, 2.05) is 0 Å². The lowest BCUT2D eigenvalue weighted by Gasteiger charge is -2.15. The van der Waals surface area contributed by atoms with E-state index >= 15 is 0 Å². The van der Waals surface area contributed by atoms with Crippen LogP contribution in [0.1, 0.15) is 155 Å². The van der Waals surface area contributed by atoms with Crippen molar-refractivity contribution in [3.63, 3.8) is 0 Å². The molecule has 0 aliphatic heterocycles. The van der Waals surface area contributed by atoms with E-state index in [9.17, 15) is 9.90 Å². The maximum absolute atomic E-state index is 12.1. The number of rotatable bonds is 33. The summed E-state index contributed by atoms with van der Waals surface area (Å²) in [6.07, 6.45) is 50.8. The van der Waals surface area contributed by atoms with Crippen LogP contribution in [0, 0.1) is 0 Å². The van der Waals surface area contributed by atoms with Crippen LogP contribution in [-0.2, 0) is 14.3 Å². The Hall–Kier alpha value is -2.17. The van der Waals surface area contributed by atoms with E-state index in [0.29, 0.717) is 13.0 Å². The maximum atomic E-state index is 12.1. The Morgan fingerprint density at radius 3 is 1.40 bits per heavy atom. The first-order valence-electron chi connectivity index (χ1n) is 18.5. The van der Waals surface area contributed by atoms with Crippen LogP contribution in [0.15, 0.2) is 72.9 Å². The summed E-state index contributed by atoms with van der Waals surface area (Å²) in [5, 5.41) is 9.56. The van der Waals surface area contributed by atoms with Crippen LogP contribution in [0.2, 0.25) is 0 Å². The number of aliphatic hydroxyl groups is 1. The van der Waals surface area contributed by atoms with Gasteiger partial charge in [0.2, 0.25) is 0 Å². The number of allylic oxidation sites excluding steroid dienone is 12. The first kappa shape index (κ1) is 42.8. The number of esters is 1. The Morgan fingerprint density at radius 1 is 0.533 bits per heavy atom. The first-order chi connectivity index (χ1) is 22.2. The largest absolute Gasteiger partial charge is 0.457 e. The van der Waals surface area contributed by atoms with Crippen molar-refractivity contribution in [2.45, 2.75) is 161 Å². The molecule has 1 atom stereocenters. The number of aliphatic hydroxyl groups excluding tert-OH is 1. The fourth-order valence-electron chi connectivity index (χ4n) is 4.83. The molecule has 0 bridgehead atoms. The molecule has 0 rings (SSSR count). The van der Waals surface area contributed by atoms with Crippen LogP contribution in [0.25, 0.3) is 0 Å². The zero-order valence-electron chi connectivity index (χ0n) is 29.4. The zero-order chi connectivity index (χ0) is 32.7. The first-order valence-corrected chi connectivity index (χ1v) is 18.5. The van der Waals surface area contributed by atoms with Gasteiger partial charge >= 0.3 is 5.97 Å². The summed E-state index contributed by atoms with van der Waals surface area (Å²) < 4.78 is 11.1. The van der Waals surface area contributed by atoms with Crippen LogP contribution in [0.5, 0.6) is 0 Å². The van der Waals surface area contributed by atoms with Crippen molar-refractivity contribution in [2.75, 3.05) is 19.8 Å². The Balaban J connectivity index is 3.51. The lowest BCUT2D eigenvalue weighted by atomic mass is 10.1. The Morgan fingerprint density at radius 2 is 0.933 bits per heavy atom. The topological polar surface area (TPSA) is 55.8 Å². The summed E-state index contributed by atoms with van der Waals surface area (Å²) in [4.78, 5) is 12.1. The average Bonchev–Trinajstić information content (AvgIpc) is 3.05. The molecule has 0 fully saturated rings. The molecule has 0 aliphatic carbocycles. The van der Waals surface area contributed by atoms with Crippen LogP contribution >= 0.6 is 0 Å². The van der Waals surface area contributed by atoms with Crippen molar-refractivity contribution >= 4 is 5.97 Å². The van der Waals surface area contributed by atoms with Gasteiger partial charge in [-0.1, -0.05) is 145 Å². The molecule has 0 saturated heterocycles. The quantitative estimate of drug-likeness (QED) is 0.0447. The molecular formula is C41H70O4. The van der Waals surface area contributed by atoms with E-state index in [2.05, 4.69) is 86.8 Å². The molecule has 4 heteroatoms. The van der Waals surface area contributed by atoms with Gasteiger partial charge in [0.1, 0.15) is 6.10 Å². The molecule has 0 aromatic heterocycles. The van der Waals surface area contributed by atoms with E-state index in [-0.39, 0.29) is 19.2 Å². The Bertz CT molecular complexity index is 789. The van der Waals surface area contributed by atoms with Gasteiger partial charge in [-0.05, 0) is 77.0 Å². The monoisotopic (exact) mass is 627 g/mol. The maximum Gasteiger partial charge on any atom is 0.306 e. The van der Waals surface area contributed by atoms with Gasteiger partial charge in [-0.2, -0.15) is 0 Å². The lowest BCUT2D eigenvalue weighted by Crippen LogP contribution is -2.27. The van der Waals surface area contributed by atoms with Crippen LogP contribution in [0.3, 0.4) is 0 Å². The molecule has 0 saturated carbocycles. The third kappa shape index (κ3) is 36.2. The minimum absolute atomic E-state index is 0.186. The van der Waals surface area contributed by atoms with Gasteiger partial charge in [-0.15, -0.1) is 0 Å². The van der Waals surface area contributed by atoms with Gasteiger partial charge in [-0.3, -0.25) is 4.79 Å². The highest BCUT2D eigenvalue weighted by Gasteiger charge is 2.13. The molecule has 1 N–H and O–H groups in total. The highest BCUT2D eigenvalue weighted by atomic mass is 16.6. The molecule has 0 aromatic carbocycles. The second-order valence-corrected chi connectivity index (χ2v) is 11.9. The van der Waals surface area contributed by atoms with Gasteiger partial charge in [-0.25, -0.2) is 0 Å². The average molecular weight is 627 g/mol. The molecule has 4 nitrogen and oxygen atoms in total. The minimum atomic E-state index is -0.550. The third-order valence-electron chi connectivity index (χ3n) is 7.53. The molecule has 258 valence electrons. The van der Waals surface area contributed by atoms with Crippen molar-refractivity contribution in [3.8, 4) is 0 Å². The normalized spacial score (nSPS) is 13.2. The van der Waals surface area contributed by atoms with Crippen molar-refractivity contribution < 1.29 is 19.4 Å². The molecule has 0 aliphatic rings. The number of hydrogen-bond acceptors (Lipinski definition) is 4. The number of ether oxygens (including phenoxy) is 2. The SMILES string of the molecule is CC/C=C\C/C=C\C/C=C\CCCCCCCCCCOCC(CO)OC(=O)CCCCCCC/C=C\C/C=C\C/C=C\CC. The fraction of sp³-hybridized carbons (Fsp3) is 0.683. The van der Waals surface area contributed by atoms with Crippen LogP contribution < -0.4 is 0 Å². The predicted molar refractivity (Wildman–Crippen MR) is 196 cm³/mol. The van der Waals surface area contributed by atoms with E-state index in [0.717, 1.165) is 70.6 Å². The zero-order valence-corrected chi connectivity index (χ0v) is 29.4. The molecule has 1 unspecified atom stereocenters. The number of carbonyl (C=O) groups is 1. The third-order valence-corrected chi connectivity index (χ3v) is 7.53. The van der Waals surface area contributed by atoms with Crippen LogP contribution in [-0.4, -0.2) is 37.0 Å². The van der Waals surface area contributed by atoms with Gasteiger partial charge in [0, 0.05) is 13.0 Å². The van der Waals surface area contributed by atoms with Crippen molar-refractivity contribution in [2.24, 2.45) is 0 Å². The molecule has 0 aromatic rings. The molecule has 0 radical (unpaired) electrons. The van der Waals surface area contributed by atoms with E-state index in [4.69, 9.17) is 9.47 Å². The number of unbranched alkanes of at least 4 members (excludes halogenated alkanes) is 13. The van der Waals surface area contributed by atoms with E-state index < -0.39 is 6.10 Å². The number of carbonyl (C=O) groups excluding carboxylic acids is 1. The van der Waals surface area contributed by atoms with Gasteiger partial charge < -0.3 is 14.6 Å². The smallest absolute Gasteiger partial charge is 0.306 e. The van der Waals surface area contributed by atoms with Crippen molar-refractivity contribution in [1.82, 2.24) is 0 Å². The molecule has 0 spiro atoms. The molecular weight excluding hydrogens is 556 g/mol. The molecule has 45 heavy (non-hydrogen) atoms. The number of hydrogen-bond donors (Lipinski definition) is 1. The second kappa shape index (κ2) is 38.0. The summed E-state index contributed by atoms with van der Waals surface area (Å²) in [7, 11) is 0. The highest BCUT2D eigenvalue weighted by Crippen LogP contribution is 2.11. The van der Waals surface area contributed by atoms with Crippen LogP contribution in [0.4, 0.5) is 0 Å². The minimum Gasteiger partial charge on any atom is -0.457 e. The summed E-state index contributed by atoms with van der Waals surface area (Å²) in [6, 6.07) is 0. The van der Waals surface area contributed by atoms with Gasteiger partial charge in [0.25, 0.3) is 0 Å². The van der Waals surface area contributed by atoms with Gasteiger partial charge in [0.05, 0.1) is 13.2 Å². The molecule has 0 heterocycles. The highest BCUT2D eigenvalue weighted by molar-refractivity contribution is 5.69. The standard InChI is InChI=1S/C41H70O4/c1-3-5-7-9-11-13-15-17-19-20-21-23-25-27-29-31-33-35-37-44-39-40(38-42)45-41(43)36-34-32-30-28-26-24-22-18-16-14-12-10-8-6-4-2/h5-8,11-14,17-19,22,40,42H,3-4,9-10,15-16,20-21,23-39H2,1-2H3/b7-5-,8-6-,13-11-,14-12-,19-17-,22-18-. The molecule has 0 amide bonds. The Kier molecular flexibility index (Phi) is 36.2. The van der Waals surface area contributed by atoms with E-state index in [1.165, 1.54) is 64.2 Å². The van der Waals surface area contributed by atoms with E-state index in [1.54, 1.807) is 0 Å². The van der Waals surface area contributed by atoms with Gasteiger partial charge in [0.15, 0.2) is 0 Å². The summed E-state index contributed by atoms with van der Waals surface area (Å²) in [5.74, 6) is -0.224. The second-order valence-electron chi connectivity index (χ2n) is 11.9. The fourth-order valence-corrected chi connectivity index (χ4v) is 4.83. The summed E-state index contributed by atoms with van der Waals surface area (Å²) >= 11 is 0. The Labute approximate surface area is 278 Å².